The summed E-state index contributed by atoms with van der Waals surface area (Å²) < 4.78 is 10.5. The molecule has 0 aliphatic rings. The van der Waals surface area contributed by atoms with Gasteiger partial charge in [0.1, 0.15) is 5.75 Å². The smallest absolute Gasteiger partial charge is 0.340 e. The Bertz CT molecular complexity index is 879. The fourth-order valence-corrected chi connectivity index (χ4v) is 2.75. The first-order valence-corrected chi connectivity index (χ1v) is 9.24. The quantitative estimate of drug-likeness (QED) is 0.587. The molecule has 0 aliphatic carbocycles. The van der Waals surface area contributed by atoms with Crippen LogP contribution in [-0.2, 0) is 9.53 Å². The van der Waals surface area contributed by atoms with Crippen molar-refractivity contribution in [1.82, 2.24) is 0 Å². The van der Waals surface area contributed by atoms with Crippen molar-refractivity contribution in [3.8, 4) is 11.8 Å². The number of rotatable bonds is 8. The van der Waals surface area contributed by atoms with E-state index in [4.69, 9.17) is 37.9 Å². The summed E-state index contributed by atoms with van der Waals surface area (Å²) in [5.41, 5.74) is 0.646. The maximum atomic E-state index is 12.6. The molecule has 0 bridgehead atoms. The Kier molecular flexibility index (Phi) is 8.12. The number of nitriles is 1. The highest BCUT2D eigenvalue weighted by molar-refractivity contribution is 6.35. The first kappa shape index (κ1) is 21.5. The van der Waals surface area contributed by atoms with Gasteiger partial charge in [0.2, 0.25) is 0 Å². The number of benzene rings is 2. The minimum atomic E-state index is -0.757. The summed E-state index contributed by atoms with van der Waals surface area (Å²) in [6, 6.07) is 13.2. The minimum Gasteiger partial charge on any atom is -0.494 e. The van der Waals surface area contributed by atoms with Gasteiger partial charge in [0.25, 0.3) is 5.91 Å². The SMILES string of the molecule is CCOc1ccc(N(CCC#N)C(=O)COC(=O)c2cc(Cl)ccc2Cl)cc1. The van der Waals surface area contributed by atoms with E-state index in [1.54, 1.807) is 30.3 Å². The van der Waals surface area contributed by atoms with Crippen LogP contribution in [0.25, 0.3) is 0 Å². The van der Waals surface area contributed by atoms with Gasteiger partial charge in [0.15, 0.2) is 6.61 Å². The van der Waals surface area contributed by atoms with Crippen LogP contribution in [0, 0.1) is 11.3 Å². The third kappa shape index (κ3) is 5.88. The van der Waals surface area contributed by atoms with Crippen LogP contribution in [0.3, 0.4) is 0 Å². The molecule has 0 heterocycles. The van der Waals surface area contributed by atoms with Crippen molar-refractivity contribution < 1.29 is 19.1 Å². The Morgan fingerprint density at radius 1 is 1.14 bits per heavy atom. The van der Waals surface area contributed by atoms with Crippen molar-refractivity contribution in [1.29, 1.82) is 5.26 Å². The number of halogens is 2. The summed E-state index contributed by atoms with van der Waals surface area (Å²) in [4.78, 5) is 26.2. The Hall–Kier alpha value is -2.75. The van der Waals surface area contributed by atoms with Gasteiger partial charge in [-0.1, -0.05) is 23.2 Å². The van der Waals surface area contributed by atoms with Gasteiger partial charge < -0.3 is 14.4 Å². The van der Waals surface area contributed by atoms with Gasteiger partial charge in [-0.05, 0) is 49.4 Å². The first-order chi connectivity index (χ1) is 13.5. The average molecular weight is 421 g/mol. The van der Waals surface area contributed by atoms with Crippen molar-refractivity contribution in [2.75, 3.05) is 24.7 Å². The van der Waals surface area contributed by atoms with Crippen LogP contribution in [0.2, 0.25) is 10.0 Å². The number of esters is 1. The van der Waals surface area contributed by atoms with Crippen LogP contribution in [0.15, 0.2) is 42.5 Å². The lowest BCUT2D eigenvalue weighted by Crippen LogP contribution is -2.35. The van der Waals surface area contributed by atoms with Crippen LogP contribution in [-0.4, -0.2) is 31.6 Å². The Balaban J connectivity index is 2.09. The van der Waals surface area contributed by atoms with Crippen LogP contribution in [0.5, 0.6) is 5.75 Å². The maximum absolute atomic E-state index is 12.6. The number of anilines is 1. The van der Waals surface area contributed by atoms with E-state index in [-0.39, 0.29) is 23.6 Å². The molecule has 2 aromatic carbocycles. The Morgan fingerprint density at radius 3 is 2.50 bits per heavy atom. The van der Waals surface area contributed by atoms with Gasteiger partial charge in [-0.2, -0.15) is 5.26 Å². The van der Waals surface area contributed by atoms with Crippen molar-refractivity contribution in [2.24, 2.45) is 0 Å². The predicted octanol–water partition coefficient (Wildman–Crippen LogP) is 4.50. The summed E-state index contributed by atoms with van der Waals surface area (Å²) in [5.74, 6) is -0.556. The molecule has 0 atom stereocenters. The lowest BCUT2D eigenvalue weighted by molar-refractivity contribution is -0.121. The van der Waals surface area contributed by atoms with Crippen molar-refractivity contribution in [3.63, 3.8) is 0 Å². The summed E-state index contributed by atoms with van der Waals surface area (Å²) in [5, 5.41) is 9.36. The van der Waals surface area contributed by atoms with E-state index in [9.17, 15) is 9.59 Å². The average Bonchev–Trinajstić information content (AvgIpc) is 2.69. The molecule has 0 aromatic heterocycles. The Morgan fingerprint density at radius 2 is 1.86 bits per heavy atom. The van der Waals surface area contributed by atoms with Crippen molar-refractivity contribution in [3.05, 3.63) is 58.1 Å². The molecule has 0 saturated carbocycles. The second-order valence-corrected chi connectivity index (χ2v) is 6.42. The van der Waals surface area contributed by atoms with Crippen molar-refractivity contribution in [2.45, 2.75) is 13.3 Å². The molecule has 0 spiro atoms. The zero-order chi connectivity index (χ0) is 20.5. The van der Waals surface area contributed by atoms with Gasteiger partial charge in [-0.15, -0.1) is 0 Å². The molecule has 8 heteroatoms. The second-order valence-electron chi connectivity index (χ2n) is 5.58. The highest BCUT2D eigenvalue weighted by atomic mass is 35.5. The molecular weight excluding hydrogens is 403 g/mol. The van der Waals surface area contributed by atoms with Gasteiger partial charge in [-0.3, -0.25) is 4.79 Å². The van der Waals surface area contributed by atoms with Crippen LogP contribution >= 0.6 is 23.2 Å². The second kappa shape index (κ2) is 10.5. The van der Waals surface area contributed by atoms with E-state index >= 15 is 0 Å². The van der Waals surface area contributed by atoms with Crippen LogP contribution in [0.1, 0.15) is 23.7 Å². The highest BCUT2D eigenvalue weighted by Crippen LogP contribution is 2.22. The zero-order valence-electron chi connectivity index (χ0n) is 15.2. The molecule has 1 amide bonds. The number of carbonyl (C=O) groups is 2. The van der Waals surface area contributed by atoms with E-state index in [0.29, 0.717) is 23.1 Å². The molecule has 0 aliphatic heterocycles. The molecule has 0 saturated heterocycles. The molecule has 0 radical (unpaired) electrons. The zero-order valence-corrected chi connectivity index (χ0v) is 16.7. The largest absolute Gasteiger partial charge is 0.494 e. The van der Waals surface area contributed by atoms with E-state index in [1.165, 1.54) is 17.0 Å². The van der Waals surface area contributed by atoms with Crippen LogP contribution in [0.4, 0.5) is 5.69 Å². The fourth-order valence-electron chi connectivity index (χ4n) is 2.39. The summed E-state index contributed by atoms with van der Waals surface area (Å²) in [7, 11) is 0. The number of amides is 1. The third-order valence-corrected chi connectivity index (χ3v) is 4.25. The fraction of sp³-hybridized carbons (Fsp3) is 0.250. The summed E-state index contributed by atoms with van der Waals surface area (Å²) >= 11 is 11.8. The molecule has 0 fully saturated rings. The Labute approximate surface area is 173 Å². The summed E-state index contributed by atoms with van der Waals surface area (Å²) in [6.45, 7) is 2.06. The third-order valence-electron chi connectivity index (χ3n) is 3.68. The standard InChI is InChI=1S/C20H18Cl2N2O4/c1-2-27-16-7-5-15(6-8-16)24(11-3-10-23)19(25)13-28-20(26)17-12-14(21)4-9-18(17)22/h4-9,12H,2-3,11,13H2,1H3. The molecule has 6 nitrogen and oxygen atoms in total. The normalized spacial score (nSPS) is 10.1. The van der Waals surface area contributed by atoms with E-state index < -0.39 is 18.5 Å². The maximum Gasteiger partial charge on any atom is 0.340 e. The molecule has 2 aromatic rings. The molecule has 28 heavy (non-hydrogen) atoms. The monoisotopic (exact) mass is 420 g/mol. The molecule has 2 rings (SSSR count). The molecule has 0 N–H and O–H groups in total. The van der Waals surface area contributed by atoms with Crippen molar-refractivity contribution >= 4 is 40.8 Å². The minimum absolute atomic E-state index is 0.0756. The molecular formula is C20H18Cl2N2O4. The number of ether oxygens (including phenoxy) is 2. The number of hydrogen-bond acceptors (Lipinski definition) is 5. The number of nitrogens with zero attached hydrogens (tertiary/aromatic N) is 2. The van der Waals surface area contributed by atoms with Gasteiger partial charge in [0.05, 0.1) is 29.7 Å². The van der Waals surface area contributed by atoms with Gasteiger partial charge >= 0.3 is 5.97 Å². The highest BCUT2D eigenvalue weighted by Gasteiger charge is 2.19. The molecule has 146 valence electrons. The van der Waals surface area contributed by atoms with Gasteiger partial charge in [0, 0.05) is 17.3 Å². The first-order valence-electron chi connectivity index (χ1n) is 8.48. The lowest BCUT2D eigenvalue weighted by Gasteiger charge is -2.22. The molecule has 0 unspecified atom stereocenters. The van der Waals surface area contributed by atoms with Gasteiger partial charge in [-0.25, -0.2) is 4.79 Å². The van der Waals surface area contributed by atoms with E-state index in [0.717, 1.165) is 0 Å². The van der Waals surface area contributed by atoms with E-state index in [1.807, 2.05) is 13.0 Å². The van der Waals surface area contributed by atoms with E-state index in [2.05, 4.69) is 0 Å². The number of hydrogen-bond donors (Lipinski definition) is 0. The predicted molar refractivity (Wildman–Crippen MR) is 107 cm³/mol. The summed E-state index contributed by atoms with van der Waals surface area (Å²) in [6.07, 6.45) is 0.132. The number of carbonyl (C=O) groups excluding carboxylic acids is 2. The van der Waals surface area contributed by atoms with Crippen LogP contribution < -0.4 is 9.64 Å². The lowest BCUT2D eigenvalue weighted by atomic mass is 10.2. The topological polar surface area (TPSA) is 79.6 Å².